The summed E-state index contributed by atoms with van der Waals surface area (Å²) in [5.41, 5.74) is 2.26. The van der Waals surface area contributed by atoms with E-state index in [1.54, 1.807) is 24.3 Å². The second-order valence-corrected chi connectivity index (χ2v) is 11.0. The molecule has 10 heteroatoms. The molecule has 0 saturated heterocycles. The van der Waals surface area contributed by atoms with Gasteiger partial charge in [0.15, 0.2) is 15.0 Å². The van der Waals surface area contributed by atoms with Gasteiger partial charge in [-0.2, -0.15) is 0 Å². The molecule has 0 radical (unpaired) electrons. The second-order valence-electron chi connectivity index (χ2n) is 7.94. The van der Waals surface area contributed by atoms with E-state index in [1.165, 1.54) is 11.3 Å². The Morgan fingerprint density at radius 2 is 1.66 bits per heavy atom. The van der Waals surface area contributed by atoms with E-state index in [2.05, 4.69) is 20.9 Å². The van der Waals surface area contributed by atoms with E-state index in [4.69, 9.17) is 0 Å². The van der Waals surface area contributed by atoms with Crippen molar-refractivity contribution >= 4 is 54.7 Å². The smallest absolute Gasteiger partial charge is 0.321 e. The maximum absolute atomic E-state index is 12.4. The number of rotatable bonds is 7. The third-order valence-electron chi connectivity index (χ3n) is 5.26. The van der Waals surface area contributed by atoms with E-state index in [9.17, 15) is 18.0 Å². The highest BCUT2D eigenvalue weighted by molar-refractivity contribution is 7.90. The lowest BCUT2D eigenvalue weighted by Gasteiger charge is -2.09. The predicted octanol–water partition coefficient (Wildman–Crippen LogP) is 4.83. The van der Waals surface area contributed by atoms with Crippen molar-refractivity contribution in [2.24, 2.45) is 0 Å². The number of carbonyl (C=O) groups is 2. The molecule has 0 aliphatic carbocycles. The Labute approximate surface area is 207 Å². The topological polar surface area (TPSA) is 117 Å². The van der Waals surface area contributed by atoms with Gasteiger partial charge in [0.05, 0.1) is 15.5 Å². The van der Waals surface area contributed by atoms with Crippen LogP contribution in [0.2, 0.25) is 0 Å². The van der Waals surface area contributed by atoms with E-state index in [1.807, 2.05) is 49.4 Å². The molecule has 3 amide bonds. The summed E-state index contributed by atoms with van der Waals surface area (Å²) in [7, 11) is -3.27. The van der Waals surface area contributed by atoms with Crippen molar-refractivity contribution in [1.82, 2.24) is 10.3 Å². The summed E-state index contributed by atoms with van der Waals surface area (Å²) in [5.74, 6) is -0.202. The minimum absolute atomic E-state index is 0.117. The van der Waals surface area contributed by atoms with Gasteiger partial charge in [-0.3, -0.25) is 10.1 Å². The largest absolute Gasteiger partial charge is 0.337 e. The molecule has 8 nitrogen and oxygen atoms in total. The minimum atomic E-state index is -3.27. The van der Waals surface area contributed by atoms with Crippen LogP contribution in [0.1, 0.15) is 12.1 Å². The fourth-order valence-corrected chi connectivity index (χ4v) is 5.15. The van der Waals surface area contributed by atoms with Crippen molar-refractivity contribution in [2.45, 2.75) is 18.2 Å². The summed E-state index contributed by atoms with van der Waals surface area (Å²) in [6, 6.07) is 19.6. The molecule has 0 saturated carbocycles. The molecule has 0 aliphatic rings. The number of aryl methyl sites for hydroxylation is 1. The summed E-state index contributed by atoms with van der Waals surface area (Å²) in [5, 5.41) is 10.6. The van der Waals surface area contributed by atoms with Gasteiger partial charge in [0.2, 0.25) is 5.91 Å². The highest BCUT2D eigenvalue weighted by atomic mass is 32.2. The molecule has 4 rings (SSSR count). The lowest BCUT2D eigenvalue weighted by atomic mass is 10.1. The molecule has 180 valence electrons. The Bertz CT molecular complexity index is 1490. The van der Waals surface area contributed by atoms with Crippen molar-refractivity contribution < 1.29 is 18.0 Å². The van der Waals surface area contributed by atoms with E-state index in [0.29, 0.717) is 10.8 Å². The Morgan fingerprint density at radius 3 is 2.40 bits per heavy atom. The number of thiazole rings is 1. The molecule has 35 heavy (non-hydrogen) atoms. The first-order valence-corrected chi connectivity index (χ1v) is 13.5. The monoisotopic (exact) mass is 508 g/mol. The maximum Gasteiger partial charge on any atom is 0.321 e. The molecule has 0 fully saturated rings. The first-order chi connectivity index (χ1) is 16.7. The molecule has 3 N–H and O–H groups in total. The van der Waals surface area contributed by atoms with Gasteiger partial charge in [0.1, 0.15) is 0 Å². The highest BCUT2D eigenvalue weighted by Crippen LogP contribution is 2.33. The molecule has 0 aliphatic heterocycles. The van der Waals surface area contributed by atoms with E-state index in [0.717, 1.165) is 33.2 Å². The average molecular weight is 509 g/mol. The molecular weight excluding hydrogens is 484 g/mol. The molecule has 0 unspecified atom stereocenters. The third-order valence-corrected chi connectivity index (χ3v) is 7.51. The first kappa shape index (κ1) is 24.4. The van der Waals surface area contributed by atoms with Crippen LogP contribution >= 0.6 is 11.3 Å². The number of hydrogen-bond donors (Lipinski definition) is 3. The van der Waals surface area contributed by atoms with Crippen LogP contribution in [0.5, 0.6) is 0 Å². The Hall–Kier alpha value is -3.76. The molecule has 0 spiro atoms. The SMILES string of the molecule is Cc1nc(NC(=O)NCCC(=O)Nc2cccc3ccccc23)sc1-c1ccc(S(C)(=O)=O)cc1. The fraction of sp³-hybridized carbons (Fsp3) is 0.160. The average Bonchev–Trinajstić information content (AvgIpc) is 3.18. The molecular formula is C25H24N4O4S2. The standard InChI is InChI=1S/C25H24N4O4S2/c1-16-23(18-10-12-19(13-11-18)35(2,32)33)34-25(27-16)29-24(31)26-15-14-22(30)28-21-9-5-7-17-6-3-4-8-20(17)21/h3-13H,14-15H2,1-2H3,(H,28,30)(H2,26,27,29,31). The van der Waals surface area contributed by atoms with Gasteiger partial charge in [-0.05, 0) is 36.1 Å². The number of hydrogen-bond acceptors (Lipinski definition) is 6. The van der Waals surface area contributed by atoms with E-state index in [-0.39, 0.29) is 23.8 Å². The van der Waals surface area contributed by atoms with Gasteiger partial charge in [0, 0.05) is 30.3 Å². The number of sulfone groups is 1. The summed E-state index contributed by atoms with van der Waals surface area (Å²) in [6.45, 7) is 1.98. The third kappa shape index (κ3) is 6.03. The van der Waals surface area contributed by atoms with Crippen molar-refractivity contribution in [3.8, 4) is 10.4 Å². The quantitative estimate of drug-likeness (QED) is 0.331. The maximum atomic E-state index is 12.4. The number of anilines is 2. The number of carbonyl (C=O) groups excluding carboxylic acids is 2. The molecule has 1 aromatic heterocycles. The highest BCUT2D eigenvalue weighted by Gasteiger charge is 2.14. The number of benzene rings is 3. The van der Waals surface area contributed by atoms with Crippen LogP contribution in [0.3, 0.4) is 0 Å². The molecule has 0 atom stereocenters. The Balaban J connectivity index is 1.30. The summed E-state index contributed by atoms with van der Waals surface area (Å²) >= 11 is 1.29. The summed E-state index contributed by atoms with van der Waals surface area (Å²) in [4.78, 5) is 30.1. The van der Waals surface area contributed by atoms with Crippen LogP contribution in [0.4, 0.5) is 15.6 Å². The number of nitrogens with one attached hydrogen (secondary N) is 3. The normalized spacial score (nSPS) is 11.3. The van der Waals surface area contributed by atoms with E-state index < -0.39 is 15.9 Å². The summed E-state index contributed by atoms with van der Waals surface area (Å²) < 4.78 is 23.3. The van der Waals surface area contributed by atoms with Gasteiger partial charge in [-0.1, -0.05) is 59.9 Å². The predicted molar refractivity (Wildman–Crippen MR) is 140 cm³/mol. The number of fused-ring (bicyclic) bond motifs is 1. The Kier molecular flexibility index (Phi) is 7.13. The minimum Gasteiger partial charge on any atom is -0.337 e. The fourth-order valence-electron chi connectivity index (χ4n) is 3.55. The molecule has 0 bridgehead atoms. The van der Waals surface area contributed by atoms with Crippen LogP contribution < -0.4 is 16.0 Å². The van der Waals surface area contributed by atoms with Gasteiger partial charge in [-0.15, -0.1) is 0 Å². The second kappa shape index (κ2) is 10.2. The van der Waals surface area contributed by atoms with Crippen molar-refractivity contribution in [2.75, 3.05) is 23.4 Å². The molecule has 3 aromatic carbocycles. The Morgan fingerprint density at radius 1 is 0.943 bits per heavy atom. The number of nitrogens with zero attached hydrogens (tertiary/aromatic N) is 1. The van der Waals surface area contributed by atoms with Crippen LogP contribution in [-0.2, 0) is 14.6 Å². The zero-order valence-corrected chi connectivity index (χ0v) is 20.8. The van der Waals surface area contributed by atoms with Gasteiger partial charge >= 0.3 is 6.03 Å². The number of aromatic nitrogens is 1. The van der Waals surface area contributed by atoms with Gasteiger partial charge in [0.25, 0.3) is 0 Å². The zero-order valence-electron chi connectivity index (χ0n) is 19.2. The van der Waals surface area contributed by atoms with Gasteiger partial charge in [-0.25, -0.2) is 18.2 Å². The lowest BCUT2D eigenvalue weighted by molar-refractivity contribution is -0.116. The lowest BCUT2D eigenvalue weighted by Crippen LogP contribution is -2.31. The van der Waals surface area contributed by atoms with Crippen molar-refractivity contribution in [1.29, 1.82) is 0 Å². The van der Waals surface area contributed by atoms with E-state index >= 15 is 0 Å². The zero-order chi connectivity index (χ0) is 25.0. The van der Waals surface area contributed by atoms with Crippen LogP contribution in [-0.4, -0.2) is 38.1 Å². The van der Waals surface area contributed by atoms with Crippen molar-refractivity contribution in [3.63, 3.8) is 0 Å². The molecule has 4 aromatic rings. The van der Waals surface area contributed by atoms with Crippen LogP contribution in [0, 0.1) is 6.92 Å². The first-order valence-electron chi connectivity index (χ1n) is 10.8. The van der Waals surface area contributed by atoms with Gasteiger partial charge < -0.3 is 10.6 Å². The van der Waals surface area contributed by atoms with Crippen molar-refractivity contribution in [3.05, 3.63) is 72.4 Å². The van der Waals surface area contributed by atoms with Crippen LogP contribution in [0.25, 0.3) is 21.2 Å². The molecule has 1 heterocycles. The van der Waals surface area contributed by atoms with Crippen LogP contribution in [0.15, 0.2) is 71.6 Å². The number of amides is 3. The number of urea groups is 1. The summed E-state index contributed by atoms with van der Waals surface area (Å²) in [6.07, 6.45) is 1.28.